The van der Waals surface area contributed by atoms with E-state index in [4.69, 9.17) is 9.47 Å². The Morgan fingerprint density at radius 2 is 1.69 bits per heavy atom. The predicted octanol–water partition coefficient (Wildman–Crippen LogP) is 4.41. The summed E-state index contributed by atoms with van der Waals surface area (Å²) < 4.78 is 11.4. The lowest BCUT2D eigenvalue weighted by Gasteiger charge is -2.09. The van der Waals surface area contributed by atoms with Crippen LogP contribution in [0.1, 0.15) is 22.3 Å². The molecule has 0 saturated heterocycles. The average molecular weight is 388 g/mol. The molecule has 3 rings (SSSR count). The Morgan fingerprint density at radius 1 is 0.931 bits per heavy atom. The minimum Gasteiger partial charge on any atom is -0.488 e. The zero-order valence-electron chi connectivity index (χ0n) is 16.6. The second-order valence-electron chi connectivity index (χ2n) is 6.66. The lowest BCUT2D eigenvalue weighted by Crippen LogP contribution is -2.24. The van der Waals surface area contributed by atoms with Crippen LogP contribution in [0.25, 0.3) is 0 Å². The van der Waals surface area contributed by atoms with Crippen molar-refractivity contribution in [3.8, 4) is 11.5 Å². The van der Waals surface area contributed by atoms with Gasteiger partial charge in [-0.3, -0.25) is 4.79 Å². The number of nitrogens with one attached hydrogen (secondary N) is 1. The van der Waals surface area contributed by atoms with E-state index in [2.05, 4.69) is 10.5 Å². The molecule has 3 aromatic carbocycles. The predicted molar refractivity (Wildman–Crippen MR) is 114 cm³/mol. The van der Waals surface area contributed by atoms with Gasteiger partial charge in [-0.2, -0.15) is 5.10 Å². The number of aryl methyl sites for hydroxylation is 2. The van der Waals surface area contributed by atoms with Crippen LogP contribution in [0.4, 0.5) is 0 Å². The minimum absolute atomic E-state index is 0.104. The molecular formula is C24H24N2O3. The molecule has 0 aliphatic carbocycles. The van der Waals surface area contributed by atoms with Crippen LogP contribution in [-0.4, -0.2) is 18.7 Å². The highest BCUT2D eigenvalue weighted by molar-refractivity contribution is 5.85. The van der Waals surface area contributed by atoms with E-state index in [0.717, 1.165) is 22.3 Å². The van der Waals surface area contributed by atoms with E-state index in [1.165, 1.54) is 0 Å². The summed E-state index contributed by atoms with van der Waals surface area (Å²) in [5, 5.41) is 4.02. The van der Waals surface area contributed by atoms with E-state index in [-0.39, 0.29) is 12.5 Å². The number of hydrazone groups is 1. The zero-order valence-corrected chi connectivity index (χ0v) is 16.6. The number of benzene rings is 3. The SMILES string of the molecule is Cc1ccc(OCC(=O)NN=Cc2ccccc2OCc2ccccc2)c(C)c1. The monoisotopic (exact) mass is 388 g/mol. The molecule has 5 heteroatoms. The van der Waals surface area contributed by atoms with Crippen molar-refractivity contribution < 1.29 is 14.3 Å². The van der Waals surface area contributed by atoms with Gasteiger partial charge in [0.05, 0.1) is 6.21 Å². The summed E-state index contributed by atoms with van der Waals surface area (Å²) >= 11 is 0. The van der Waals surface area contributed by atoms with Crippen molar-refractivity contribution in [2.24, 2.45) is 5.10 Å². The van der Waals surface area contributed by atoms with Crippen molar-refractivity contribution in [3.05, 3.63) is 95.1 Å². The molecule has 0 unspecified atom stereocenters. The average Bonchev–Trinajstić information content (AvgIpc) is 2.73. The smallest absolute Gasteiger partial charge is 0.277 e. The van der Waals surface area contributed by atoms with Crippen molar-refractivity contribution in [2.45, 2.75) is 20.5 Å². The number of rotatable bonds is 8. The van der Waals surface area contributed by atoms with Crippen LogP contribution in [0.2, 0.25) is 0 Å². The summed E-state index contributed by atoms with van der Waals surface area (Å²) in [5.41, 5.74) is 6.48. The Morgan fingerprint density at radius 3 is 2.48 bits per heavy atom. The largest absolute Gasteiger partial charge is 0.488 e. The van der Waals surface area contributed by atoms with Gasteiger partial charge in [0.1, 0.15) is 18.1 Å². The molecule has 0 radical (unpaired) electrons. The number of para-hydroxylation sites is 1. The van der Waals surface area contributed by atoms with E-state index < -0.39 is 0 Å². The fourth-order valence-electron chi connectivity index (χ4n) is 2.76. The molecule has 148 valence electrons. The van der Waals surface area contributed by atoms with Gasteiger partial charge in [-0.25, -0.2) is 5.43 Å². The second kappa shape index (κ2) is 10.1. The number of carbonyl (C=O) groups is 1. The molecule has 0 aromatic heterocycles. The molecule has 0 saturated carbocycles. The van der Waals surface area contributed by atoms with Gasteiger partial charge in [-0.15, -0.1) is 0 Å². The highest BCUT2D eigenvalue weighted by atomic mass is 16.5. The number of amides is 1. The first-order chi connectivity index (χ1) is 14.1. The maximum atomic E-state index is 12.0. The van der Waals surface area contributed by atoms with Gasteiger partial charge < -0.3 is 9.47 Å². The van der Waals surface area contributed by atoms with E-state index in [0.29, 0.717) is 18.1 Å². The Kier molecular flexibility index (Phi) is 7.00. The van der Waals surface area contributed by atoms with Crippen LogP contribution < -0.4 is 14.9 Å². The molecular weight excluding hydrogens is 364 g/mol. The Balaban J connectivity index is 1.52. The van der Waals surface area contributed by atoms with Crippen molar-refractivity contribution in [2.75, 3.05) is 6.61 Å². The summed E-state index contributed by atoms with van der Waals surface area (Å²) in [6, 6.07) is 23.3. The van der Waals surface area contributed by atoms with Gasteiger partial charge in [-0.05, 0) is 43.2 Å². The van der Waals surface area contributed by atoms with Crippen LogP contribution in [0, 0.1) is 13.8 Å². The Bertz CT molecular complexity index is 984. The molecule has 0 heterocycles. The highest BCUT2D eigenvalue weighted by Crippen LogP contribution is 2.19. The van der Waals surface area contributed by atoms with E-state index in [1.807, 2.05) is 86.6 Å². The van der Waals surface area contributed by atoms with E-state index >= 15 is 0 Å². The molecule has 0 fully saturated rings. The first-order valence-electron chi connectivity index (χ1n) is 9.39. The van der Waals surface area contributed by atoms with Crippen molar-refractivity contribution >= 4 is 12.1 Å². The highest BCUT2D eigenvalue weighted by Gasteiger charge is 2.05. The van der Waals surface area contributed by atoms with E-state index in [9.17, 15) is 4.79 Å². The fourth-order valence-corrected chi connectivity index (χ4v) is 2.76. The molecule has 0 aliphatic rings. The molecule has 0 spiro atoms. The van der Waals surface area contributed by atoms with Crippen molar-refractivity contribution in [1.82, 2.24) is 5.43 Å². The van der Waals surface area contributed by atoms with Gasteiger partial charge in [0.15, 0.2) is 6.61 Å². The molecule has 0 atom stereocenters. The molecule has 1 amide bonds. The van der Waals surface area contributed by atoms with Crippen LogP contribution in [0.15, 0.2) is 77.9 Å². The number of ether oxygens (including phenoxy) is 2. The molecule has 5 nitrogen and oxygen atoms in total. The molecule has 0 aliphatic heterocycles. The number of hydrogen-bond donors (Lipinski definition) is 1. The second-order valence-corrected chi connectivity index (χ2v) is 6.66. The lowest BCUT2D eigenvalue weighted by atomic mass is 10.1. The molecule has 1 N–H and O–H groups in total. The standard InChI is InChI=1S/C24H24N2O3/c1-18-12-13-22(19(2)14-18)29-17-24(27)26-25-15-21-10-6-7-11-23(21)28-16-20-8-4-3-5-9-20/h3-15H,16-17H2,1-2H3,(H,26,27). The molecule has 3 aromatic rings. The molecule has 0 bridgehead atoms. The van der Waals surface area contributed by atoms with Crippen LogP contribution in [-0.2, 0) is 11.4 Å². The van der Waals surface area contributed by atoms with Crippen LogP contribution in [0.5, 0.6) is 11.5 Å². The lowest BCUT2D eigenvalue weighted by molar-refractivity contribution is -0.123. The number of carbonyl (C=O) groups excluding carboxylic acids is 1. The zero-order chi connectivity index (χ0) is 20.5. The summed E-state index contributed by atoms with van der Waals surface area (Å²) in [4.78, 5) is 12.0. The first-order valence-corrected chi connectivity index (χ1v) is 9.39. The van der Waals surface area contributed by atoms with Gasteiger partial charge in [0.2, 0.25) is 0 Å². The van der Waals surface area contributed by atoms with Crippen LogP contribution >= 0.6 is 0 Å². The summed E-state index contributed by atoms with van der Waals surface area (Å²) in [6.45, 7) is 4.32. The normalized spacial score (nSPS) is 10.7. The Labute approximate surface area is 171 Å². The van der Waals surface area contributed by atoms with Crippen molar-refractivity contribution in [1.29, 1.82) is 0 Å². The van der Waals surface area contributed by atoms with Gasteiger partial charge in [0, 0.05) is 5.56 Å². The number of hydrogen-bond acceptors (Lipinski definition) is 4. The van der Waals surface area contributed by atoms with Gasteiger partial charge in [0.25, 0.3) is 5.91 Å². The van der Waals surface area contributed by atoms with E-state index in [1.54, 1.807) is 6.21 Å². The first kappa shape index (κ1) is 20.1. The summed E-state index contributed by atoms with van der Waals surface area (Å²) in [5.74, 6) is 1.05. The minimum atomic E-state index is -0.330. The summed E-state index contributed by atoms with van der Waals surface area (Å²) in [7, 11) is 0. The third kappa shape index (κ3) is 6.21. The molecule has 29 heavy (non-hydrogen) atoms. The quantitative estimate of drug-likeness (QED) is 0.459. The third-order valence-corrected chi connectivity index (χ3v) is 4.24. The maximum absolute atomic E-state index is 12.0. The van der Waals surface area contributed by atoms with Crippen molar-refractivity contribution in [3.63, 3.8) is 0 Å². The van der Waals surface area contributed by atoms with Gasteiger partial charge in [-0.1, -0.05) is 60.2 Å². The third-order valence-electron chi connectivity index (χ3n) is 4.24. The topological polar surface area (TPSA) is 59.9 Å². The maximum Gasteiger partial charge on any atom is 0.277 e. The Hall–Kier alpha value is -3.60. The summed E-state index contributed by atoms with van der Waals surface area (Å²) in [6.07, 6.45) is 1.56. The fraction of sp³-hybridized carbons (Fsp3) is 0.167. The van der Waals surface area contributed by atoms with Crippen LogP contribution in [0.3, 0.4) is 0 Å². The number of nitrogens with zero attached hydrogens (tertiary/aromatic N) is 1. The van der Waals surface area contributed by atoms with Gasteiger partial charge >= 0.3 is 0 Å².